The first-order chi connectivity index (χ1) is 7.21. The molecule has 5 heteroatoms. The van der Waals surface area contributed by atoms with Gasteiger partial charge in [0.15, 0.2) is 0 Å². The SMILES string of the molecule is CN(C)CC1CC(O)CN1C(=O)C(C)(C)N. The van der Waals surface area contributed by atoms with Gasteiger partial charge in [-0.25, -0.2) is 0 Å². The number of carbonyl (C=O) groups is 1. The summed E-state index contributed by atoms with van der Waals surface area (Å²) in [5.74, 6) is -0.0871. The van der Waals surface area contributed by atoms with Gasteiger partial charge in [0.25, 0.3) is 0 Å². The van der Waals surface area contributed by atoms with Crippen LogP contribution in [0.25, 0.3) is 0 Å². The average Bonchev–Trinajstić information content (AvgIpc) is 2.42. The third-order valence-electron chi connectivity index (χ3n) is 2.78. The van der Waals surface area contributed by atoms with Crippen molar-refractivity contribution in [2.24, 2.45) is 5.73 Å². The van der Waals surface area contributed by atoms with Crippen molar-refractivity contribution in [1.29, 1.82) is 0 Å². The number of aliphatic hydroxyl groups excluding tert-OH is 1. The smallest absolute Gasteiger partial charge is 0.242 e. The first-order valence-corrected chi connectivity index (χ1v) is 5.64. The van der Waals surface area contributed by atoms with Gasteiger partial charge in [-0.3, -0.25) is 4.79 Å². The number of nitrogens with zero attached hydrogens (tertiary/aromatic N) is 2. The van der Waals surface area contributed by atoms with E-state index in [1.807, 2.05) is 19.0 Å². The van der Waals surface area contributed by atoms with Crippen molar-refractivity contribution >= 4 is 5.91 Å². The van der Waals surface area contributed by atoms with Gasteiger partial charge in [-0.15, -0.1) is 0 Å². The summed E-state index contributed by atoms with van der Waals surface area (Å²) in [6, 6.07) is 0.0697. The Morgan fingerprint density at radius 2 is 2.12 bits per heavy atom. The number of aliphatic hydroxyl groups is 1. The lowest BCUT2D eigenvalue weighted by Gasteiger charge is -2.31. The Labute approximate surface area is 97.2 Å². The van der Waals surface area contributed by atoms with E-state index in [-0.39, 0.29) is 11.9 Å². The minimum atomic E-state index is -0.866. The van der Waals surface area contributed by atoms with E-state index < -0.39 is 11.6 Å². The van der Waals surface area contributed by atoms with Crippen LogP contribution < -0.4 is 5.73 Å². The number of likely N-dealkylation sites (tertiary alicyclic amines) is 1. The monoisotopic (exact) mass is 229 g/mol. The summed E-state index contributed by atoms with van der Waals surface area (Å²) in [4.78, 5) is 15.8. The molecular formula is C11H23N3O2. The van der Waals surface area contributed by atoms with E-state index in [4.69, 9.17) is 5.73 Å². The van der Waals surface area contributed by atoms with Crippen LogP contribution in [0.5, 0.6) is 0 Å². The van der Waals surface area contributed by atoms with Crippen molar-refractivity contribution in [3.05, 3.63) is 0 Å². The van der Waals surface area contributed by atoms with Crippen LogP contribution in [0, 0.1) is 0 Å². The van der Waals surface area contributed by atoms with Gasteiger partial charge < -0.3 is 20.6 Å². The quantitative estimate of drug-likeness (QED) is 0.668. The Kier molecular flexibility index (Phi) is 3.93. The molecule has 1 rings (SSSR count). The fourth-order valence-corrected chi connectivity index (χ4v) is 2.11. The number of likely N-dealkylation sites (N-methyl/N-ethyl adjacent to an activating group) is 1. The summed E-state index contributed by atoms with van der Waals surface area (Å²) in [6.07, 6.45) is 0.219. The minimum Gasteiger partial charge on any atom is -0.391 e. The number of amides is 1. The van der Waals surface area contributed by atoms with Crippen molar-refractivity contribution in [3.8, 4) is 0 Å². The Hall–Kier alpha value is -0.650. The van der Waals surface area contributed by atoms with E-state index >= 15 is 0 Å². The van der Waals surface area contributed by atoms with Gasteiger partial charge in [-0.05, 0) is 34.4 Å². The molecule has 2 unspecified atom stereocenters. The molecule has 3 N–H and O–H groups in total. The van der Waals surface area contributed by atoms with Gasteiger partial charge in [-0.2, -0.15) is 0 Å². The second-order valence-corrected chi connectivity index (χ2v) is 5.48. The number of nitrogens with two attached hydrogens (primary N) is 1. The lowest BCUT2D eigenvalue weighted by atomic mass is 10.0. The van der Waals surface area contributed by atoms with Crippen LogP contribution in [0.15, 0.2) is 0 Å². The third-order valence-corrected chi connectivity index (χ3v) is 2.78. The molecule has 94 valence electrons. The highest BCUT2D eigenvalue weighted by molar-refractivity contribution is 5.85. The normalized spacial score (nSPS) is 26.6. The number of rotatable bonds is 3. The zero-order chi connectivity index (χ0) is 12.5. The Balaban J connectivity index is 2.73. The van der Waals surface area contributed by atoms with Crippen LogP contribution in [0.1, 0.15) is 20.3 Å². The molecule has 1 fully saturated rings. The molecule has 0 saturated carbocycles. The highest BCUT2D eigenvalue weighted by Gasteiger charge is 2.38. The van der Waals surface area contributed by atoms with E-state index in [0.717, 1.165) is 6.54 Å². The van der Waals surface area contributed by atoms with Crippen LogP contribution in [-0.2, 0) is 4.79 Å². The maximum atomic E-state index is 12.1. The highest BCUT2D eigenvalue weighted by Crippen LogP contribution is 2.21. The molecule has 0 spiro atoms. The number of hydrogen-bond donors (Lipinski definition) is 2. The van der Waals surface area contributed by atoms with Gasteiger partial charge in [0, 0.05) is 19.1 Å². The molecule has 1 heterocycles. The van der Waals surface area contributed by atoms with Crippen LogP contribution >= 0.6 is 0 Å². The molecule has 0 aromatic carbocycles. The Bertz CT molecular complexity index is 260. The van der Waals surface area contributed by atoms with Gasteiger partial charge in [-0.1, -0.05) is 0 Å². The number of hydrogen-bond acceptors (Lipinski definition) is 4. The van der Waals surface area contributed by atoms with Crippen molar-refractivity contribution in [3.63, 3.8) is 0 Å². The van der Waals surface area contributed by atoms with E-state index in [1.54, 1.807) is 18.7 Å². The van der Waals surface area contributed by atoms with Crippen molar-refractivity contribution in [1.82, 2.24) is 9.80 Å². The lowest BCUT2D eigenvalue weighted by molar-refractivity contribution is -0.137. The van der Waals surface area contributed by atoms with Gasteiger partial charge >= 0.3 is 0 Å². The second-order valence-electron chi connectivity index (χ2n) is 5.48. The van der Waals surface area contributed by atoms with Crippen LogP contribution in [-0.4, -0.2) is 65.7 Å². The molecule has 0 aliphatic carbocycles. The topological polar surface area (TPSA) is 69.8 Å². The molecule has 0 radical (unpaired) electrons. The molecule has 1 aliphatic heterocycles. The summed E-state index contributed by atoms with van der Waals surface area (Å²) in [5.41, 5.74) is 4.94. The van der Waals surface area contributed by atoms with Gasteiger partial charge in [0.05, 0.1) is 11.6 Å². The molecule has 5 nitrogen and oxygen atoms in total. The molecule has 16 heavy (non-hydrogen) atoms. The van der Waals surface area contributed by atoms with E-state index in [2.05, 4.69) is 0 Å². The number of carbonyl (C=O) groups excluding carboxylic acids is 1. The van der Waals surface area contributed by atoms with Crippen molar-refractivity contribution in [2.45, 2.75) is 38.0 Å². The highest BCUT2D eigenvalue weighted by atomic mass is 16.3. The molecule has 1 aliphatic rings. The molecule has 2 atom stereocenters. The predicted molar refractivity (Wildman–Crippen MR) is 62.9 cm³/mol. The standard InChI is InChI=1S/C11H23N3O2/c1-11(2,12)10(16)14-7-9(15)5-8(14)6-13(3)4/h8-9,15H,5-7,12H2,1-4H3. The van der Waals surface area contributed by atoms with Crippen molar-refractivity contribution < 1.29 is 9.90 Å². The first kappa shape index (κ1) is 13.4. The van der Waals surface area contributed by atoms with E-state index in [0.29, 0.717) is 13.0 Å². The zero-order valence-corrected chi connectivity index (χ0v) is 10.6. The average molecular weight is 229 g/mol. The maximum Gasteiger partial charge on any atom is 0.242 e. The van der Waals surface area contributed by atoms with E-state index in [9.17, 15) is 9.90 Å². The summed E-state index contributed by atoms with van der Waals surface area (Å²) in [6.45, 7) is 4.57. The van der Waals surface area contributed by atoms with Gasteiger partial charge in [0.1, 0.15) is 0 Å². The Morgan fingerprint density at radius 1 is 1.56 bits per heavy atom. The number of β-amino-alcohol motifs (C(OH)–C–C–N with tert-alkyl or cyclic N) is 1. The largest absolute Gasteiger partial charge is 0.391 e. The van der Waals surface area contributed by atoms with Crippen LogP contribution in [0.3, 0.4) is 0 Å². The zero-order valence-electron chi connectivity index (χ0n) is 10.6. The van der Waals surface area contributed by atoms with Crippen molar-refractivity contribution in [2.75, 3.05) is 27.2 Å². The third kappa shape index (κ3) is 3.17. The molecule has 0 aromatic heterocycles. The minimum absolute atomic E-state index is 0.0697. The fourth-order valence-electron chi connectivity index (χ4n) is 2.11. The fraction of sp³-hybridized carbons (Fsp3) is 0.909. The predicted octanol–water partition coefficient (Wildman–Crippen LogP) is -0.753. The summed E-state index contributed by atoms with van der Waals surface area (Å²) in [7, 11) is 3.92. The van der Waals surface area contributed by atoms with E-state index in [1.165, 1.54) is 0 Å². The first-order valence-electron chi connectivity index (χ1n) is 5.64. The van der Waals surface area contributed by atoms with Gasteiger partial charge in [0.2, 0.25) is 5.91 Å². The lowest BCUT2D eigenvalue weighted by Crippen LogP contribution is -2.54. The summed E-state index contributed by atoms with van der Waals surface area (Å²) in [5, 5.41) is 9.64. The second kappa shape index (κ2) is 4.69. The van der Waals surface area contributed by atoms with Crippen LogP contribution in [0.2, 0.25) is 0 Å². The molecule has 1 amide bonds. The Morgan fingerprint density at radius 3 is 2.56 bits per heavy atom. The maximum absolute atomic E-state index is 12.1. The summed E-state index contributed by atoms with van der Waals surface area (Å²) < 4.78 is 0. The molecular weight excluding hydrogens is 206 g/mol. The molecule has 0 bridgehead atoms. The van der Waals surface area contributed by atoms with Crippen LogP contribution in [0.4, 0.5) is 0 Å². The molecule has 0 aromatic rings. The summed E-state index contributed by atoms with van der Waals surface area (Å²) >= 11 is 0. The molecule has 1 saturated heterocycles.